The fraction of sp³-hybridized carbons (Fsp3) is 0.286. The summed E-state index contributed by atoms with van der Waals surface area (Å²) >= 11 is 0. The number of aryl methyl sites for hydroxylation is 1. The first-order chi connectivity index (χ1) is 8.71. The summed E-state index contributed by atoms with van der Waals surface area (Å²) in [6.45, 7) is 0. The third kappa shape index (κ3) is 1.79. The fourth-order valence-corrected chi connectivity index (χ4v) is 2.25. The third-order valence-electron chi connectivity index (χ3n) is 3.47. The number of amides is 1. The van der Waals surface area contributed by atoms with E-state index in [0.717, 1.165) is 18.4 Å². The molecule has 1 N–H and O–H groups in total. The minimum atomic E-state index is -0.335. The van der Waals surface area contributed by atoms with Crippen molar-refractivity contribution >= 4 is 11.7 Å². The zero-order valence-electron chi connectivity index (χ0n) is 10.3. The van der Waals surface area contributed by atoms with Gasteiger partial charge in [0.1, 0.15) is 0 Å². The molecule has 1 aromatic heterocycles. The quantitative estimate of drug-likeness (QED) is 0.894. The van der Waals surface area contributed by atoms with Crippen LogP contribution in [0.5, 0.6) is 0 Å². The summed E-state index contributed by atoms with van der Waals surface area (Å²) in [6.07, 6.45) is 3.64. The summed E-state index contributed by atoms with van der Waals surface area (Å²) in [5.41, 5.74) is 0.761. The zero-order chi connectivity index (χ0) is 12.6. The first-order valence-corrected chi connectivity index (χ1v) is 6.07. The number of carbonyl (C=O) groups excluding carboxylic acids is 1. The maximum atomic E-state index is 12.3. The topological polar surface area (TPSA) is 46.9 Å². The smallest absolute Gasteiger partial charge is 0.236 e. The molecule has 1 heterocycles. The summed E-state index contributed by atoms with van der Waals surface area (Å²) in [5, 5.41) is 7.06. The van der Waals surface area contributed by atoms with E-state index in [9.17, 15) is 4.79 Å². The van der Waals surface area contributed by atoms with Crippen LogP contribution in [0.4, 0.5) is 5.82 Å². The largest absolute Gasteiger partial charge is 0.308 e. The van der Waals surface area contributed by atoms with Crippen LogP contribution in [0.25, 0.3) is 0 Å². The normalized spacial score (nSPS) is 16.3. The summed E-state index contributed by atoms with van der Waals surface area (Å²) in [7, 11) is 1.83. The van der Waals surface area contributed by atoms with E-state index >= 15 is 0 Å². The van der Waals surface area contributed by atoms with Gasteiger partial charge in [-0.1, -0.05) is 30.3 Å². The molecule has 2 aromatic rings. The molecule has 3 rings (SSSR count). The van der Waals surface area contributed by atoms with Crippen LogP contribution in [-0.2, 0) is 17.3 Å². The number of aromatic nitrogens is 2. The van der Waals surface area contributed by atoms with E-state index in [1.54, 1.807) is 10.7 Å². The van der Waals surface area contributed by atoms with Crippen molar-refractivity contribution < 1.29 is 4.79 Å². The van der Waals surface area contributed by atoms with Crippen molar-refractivity contribution in [2.45, 2.75) is 18.3 Å². The lowest BCUT2D eigenvalue weighted by Crippen LogP contribution is -2.28. The summed E-state index contributed by atoms with van der Waals surface area (Å²) in [5.74, 6) is 0.664. The van der Waals surface area contributed by atoms with Crippen LogP contribution in [-0.4, -0.2) is 15.7 Å². The lowest BCUT2D eigenvalue weighted by molar-refractivity contribution is -0.118. The second-order valence-electron chi connectivity index (χ2n) is 4.78. The molecule has 92 valence electrons. The molecule has 1 aliphatic rings. The summed E-state index contributed by atoms with van der Waals surface area (Å²) < 4.78 is 1.68. The highest BCUT2D eigenvalue weighted by molar-refractivity contribution is 6.00. The SMILES string of the molecule is Cn1ccc(NC(=O)C2(c3ccccc3)CC2)n1. The molecule has 1 aromatic carbocycles. The molecule has 1 aliphatic carbocycles. The fourth-order valence-electron chi connectivity index (χ4n) is 2.25. The Morgan fingerprint density at radius 1 is 1.28 bits per heavy atom. The van der Waals surface area contributed by atoms with Crippen molar-refractivity contribution in [2.75, 3.05) is 5.32 Å². The van der Waals surface area contributed by atoms with Crippen molar-refractivity contribution in [3.05, 3.63) is 48.2 Å². The third-order valence-corrected chi connectivity index (χ3v) is 3.47. The maximum absolute atomic E-state index is 12.3. The number of hydrogen-bond acceptors (Lipinski definition) is 2. The van der Waals surface area contributed by atoms with Crippen LogP contribution in [0.1, 0.15) is 18.4 Å². The predicted molar refractivity (Wildman–Crippen MR) is 69.2 cm³/mol. The molecular formula is C14H15N3O. The standard InChI is InChI=1S/C14H15N3O/c1-17-10-7-12(16-17)15-13(18)14(8-9-14)11-5-3-2-4-6-11/h2-7,10H,8-9H2,1H3,(H,15,16,18). The Morgan fingerprint density at radius 3 is 2.56 bits per heavy atom. The van der Waals surface area contributed by atoms with Crippen LogP contribution in [0.15, 0.2) is 42.6 Å². The number of anilines is 1. The molecule has 4 heteroatoms. The molecule has 0 spiro atoms. The van der Waals surface area contributed by atoms with Gasteiger partial charge in [0.15, 0.2) is 5.82 Å². The molecule has 0 aliphatic heterocycles. The highest BCUT2D eigenvalue weighted by atomic mass is 16.2. The Bertz CT molecular complexity index is 570. The number of carbonyl (C=O) groups is 1. The number of rotatable bonds is 3. The van der Waals surface area contributed by atoms with Gasteiger partial charge in [-0.05, 0) is 18.4 Å². The van der Waals surface area contributed by atoms with E-state index in [1.807, 2.05) is 43.6 Å². The highest BCUT2D eigenvalue weighted by Crippen LogP contribution is 2.48. The molecule has 0 unspecified atom stereocenters. The lowest BCUT2D eigenvalue weighted by Gasteiger charge is -2.14. The van der Waals surface area contributed by atoms with Gasteiger partial charge in [0.2, 0.25) is 5.91 Å². The van der Waals surface area contributed by atoms with Crippen molar-refractivity contribution in [3.63, 3.8) is 0 Å². The number of nitrogens with zero attached hydrogens (tertiary/aromatic N) is 2. The molecule has 0 atom stereocenters. The Morgan fingerprint density at radius 2 is 2.00 bits per heavy atom. The zero-order valence-corrected chi connectivity index (χ0v) is 10.3. The van der Waals surface area contributed by atoms with Gasteiger partial charge in [0.25, 0.3) is 0 Å². The molecule has 18 heavy (non-hydrogen) atoms. The van der Waals surface area contributed by atoms with Crippen molar-refractivity contribution in [1.29, 1.82) is 0 Å². The highest BCUT2D eigenvalue weighted by Gasteiger charge is 2.51. The van der Waals surface area contributed by atoms with Gasteiger partial charge >= 0.3 is 0 Å². The van der Waals surface area contributed by atoms with Crippen LogP contribution >= 0.6 is 0 Å². The van der Waals surface area contributed by atoms with E-state index in [4.69, 9.17) is 0 Å². The molecule has 1 saturated carbocycles. The lowest BCUT2D eigenvalue weighted by atomic mass is 9.95. The van der Waals surface area contributed by atoms with Crippen LogP contribution < -0.4 is 5.32 Å². The van der Waals surface area contributed by atoms with E-state index in [0.29, 0.717) is 5.82 Å². The molecule has 1 amide bonds. The maximum Gasteiger partial charge on any atom is 0.236 e. The second-order valence-corrected chi connectivity index (χ2v) is 4.78. The average Bonchev–Trinajstić information content (AvgIpc) is 3.10. The molecule has 1 fully saturated rings. The first kappa shape index (κ1) is 11.0. The molecule has 0 saturated heterocycles. The van der Waals surface area contributed by atoms with Gasteiger partial charge in [0.05, 0.1) is 5.41 Å². The van der Waals surface area contributed by atoms with Gasteiger partial charge in [0, 0.05) is 19.3 Å². The minimum absolute atomic E-state index is 0.0485. The molecule has 0 bridgehead atoms. The Balaban J connectivity index is 1.81. The Kier molecular flexibility index (Phi) is 2.44. The van der Waals surface area contributed by atoms with Crippen LogP contribution in [0, 0.1) is 0 Å². The van der Waals surface area contributed by atoms with E-state index in [2.05, 4.69) is 10.4 Å². The Hall–Kier alpha value is -2.10. The van der Waals surface area contributed by atoms with Crippen molar-refractivity contribution in [2.24, 2.45) is 7.05 Å². The number of hydrogen-bond donors (Lipinski definition) is 1. The number of benzene rings is 1. The van der Waals surface area contributed by atoms with E-state index in [1.165, 1.54) is 0 Å². The summed E-state index contributed by atoms with van der Waals surface area (Å²) in [6, 6.07) is 11.8. The average molecular weight is 241 g/mol. The minimum Gasteiger partial charge on any atom is -0.308 e. The van der Waals surface area contributed by atoms with Gasteiger partial charge in [-0.2, -0.15) is 5.10 Å². The van der Waals surface area contributed by atoms with Crippen LogP contribution in [0.3, 0.4) is 0 Å². The van der Waals surface area contributed by atoms with Crippen molar-refractivity contribution in [3.8, 4) is 0 Å². The van der Waals surface area contributed by atoms with Gasteiger partial charge in [-0.3, -0.25) is 9.48 Å². The molecule has 0 radical (unpaired) electrons. The molecular weight excluding hydrogens is 226 g/mol. The van der Waals surface area contributed by atoms with Crippen molar-refractivity contribution in [1.82, 2.24) is 9.78 Å². The predicted octanol–water partition coefficient (Wildman–Crippen LogP) is 2.09. The molecule has 4 nitrogen and oxygen atoms in total. The monoisotopic (exact) mass is 241 g/mol. The van der Waals surface area contributed by atoms with E-state index < -0.39 is 0 Å². The van der Waals surface area contributed by atoms with Gasteiger partial charge < -0.3 is 5.32 Å². The summed E-state index contributed by atoms with van der Waals surface area (Å²) in [4.78, 5) is 12.3. The van der Waals surface area contributed by atoms with Crippen LogP contribution in [0.2, 0.25) is 0 Å². The van der Waals surface area contributed by atoms with Gasteiger partial charge in [-0.25, -0.2) is 0 Å². The van der Waals surface area contributed by atoms with E-state index in [-0.39, 0.29) is 11.3 Å². The Labute approximate surface area is 106 Å². The second kappa shape index (κ2) is 3.98. The number of nitrogens with one attached hydrogen (secondary N) is 1. The van der Waals surface area contributed by atoms with Gasteiger partial charge in [-0.15, -0.1) is 0 Å². The first-order valence-electron chi connectivity index (χ1n) is 6.07.